The Morgan fingerprint density at radius 2 is 1.63 bits per heavy atom. The van der Waals surface area contributed by atoms with E-state index in [0.717, 1.165) is 42.0 Å². The molecule has 1 fully saturated rings. The summed E-state index contributed by atoms with van der Waals surface area (Å²) in [7, 11) is -4.17. The van der Waals surface area contributed by atoms with E-state index in [-0.39, 0.29) is 29.1 Å². The molecular formula is C31H35Cl2N3O4S. The monoisotopic (exact) mass is 615 g/mol. The molecule has 3 aromatic rings. The third kappa shape index (κ3) is 7.82. The number of nitrogens with zero attached hydrogens (tertiary/aromatic N) is 2. The lowest BCUT2D eigenvalue weighted by Crippen LogP contribution is -2.53. The van der Waals surface area contributed by atoms with Gasteiger partial charge in [-0.1, -0.05) is 84.4 Å². The predicted molar refractivity (Wildman–Crippen MR) is 164 cm³/mol. The maximum Gasteiger partial charge on any atom is 0.264 e. The van der Waals surface area contributed by atoms with E-state index in [0.29, 0.717) is 15.6 Å². The summed E-state index contributed by atoms with van der Waals surface area (Å²) in [6.45, 7) is 3.01. The van der Waals surface area contributed by atoms with Crippen LogP contribution < -0.4 is 9.62 Å². The van der Waals surface area contributed by atoms with Crippen molar-refractivity contribution in [1.29, 1.82) is 0 Å². The van der Waals surface area contributed by atoms with Crippen molar-refractivity contribution in [3.63, 3.8) is 0 Å². The highest BCUT2D eigenvalue weighted by atomic mass is 35.5. The Balaban J connectivity index is 1.68. The summed E-state index contributed by atoms with van der Waals surface area (Å²) in [6.07, 6.45) is 5.04. The summed E-state index contributed by atoms with van der Waals surface area (Å²) in [5.41, 5.74) is 1.79. The summed E-state index contributed by atoms with van der Waals surface area (Å²) in [5.74, 6) is -0.833. The van der Waals surface area contributed by atoms with Crippen LogP contribution in [-0.4, -0.2) is 43.8 Å². The molecule has 218 valence electrons. The van der Waals surface area contributed by atoms with Crippen molar-refractivity contribution < 1.29 is 18.0 Å². The molecule has 0 heterocycles. The Morgan fingerprint density at radius 3 is 2.29 bits per heavy atom. The van der Waals surface area contributed by atoms with Crippen molar-refractivity contribution in [2.45, 2.75) is 69.5 Å². The standard InChI is InChI=1S/C31H35Cl2N3O4S/c1-22-15-17-28(18-16-22)41(39,40)36(27-13-8-10-25(32)19-27)21-30(37)35(20-24-9-6-7-14-29(24)33)23(2)31(38)34-26-11-4-3-5-12-26/h6-10,13-19,23,26H,3-5,11-12,20-21H2,1-2H3,(H,34,38). The molecule has 1 saturated carbocycles. The molecule has 41 heavy (non-hydrogen) atoms. The highest BCUT2D eigenvalue weighted by Crippen LogP contribution is 2.28. The number of hydrogen-bond acceptors (Lipinski definition) is 4. The number of carbonyl (C=O) groups excluding carboxylic acids is 2. The molecule has 10 heteroatoms. The number of halogens is 2. The molecule has 1 aliphatic rings. The van der Waals surface area contributed by atoms with Crippen LogP contribution in [0.5, 0.6) is 0 Å². The van der Waals surface area contributed by atoms with Crippen LogP contribution in [0.1, 0.15) is 50.2 Å². The van der Waals surface area contributed by atoms with Gasteiger partial charge in [0.2, 0.25) is 11.8 Å². The second kappa shape index (κ2) is 13.7. The van der Waals surface area contributed by atoms with Gasteiger partial charge in [0.15, 0.2) is 0 Å². The van der Waals surface area contributed by atoms with Crippen molar-refractivity contribution in [2.75, 3.05) is 10.8 Å². The molecule has 1 unspecified atom stereocenters. The highest BCUT2D eigenvalue weighted by molar-refractivity contribution is 7.92. The van der Waals surface area contributed by atoms with Gasteiger partial charge >= 0.3 is 0 Å². The lowest BCUT2D eigenvalue weighted by atomic mass is 9.95. The van der Waals surface area contributed by atoms with Crippen molar-refractivity contribution in [2.24, 2.45) is 0 Å². The molecule has 1 atom stereocenters. The van der Waals surface area contributed by atoms with E-state index in [2.05, 4.69) is 5.32 Å². The van der Waals surface area contributed by atoms with Crippen molar-refractivity contribution >= 4 is 50.7 Å². The summed E-state index contributed by atoms with van der Waals surface area (Å²) in [6, 6.07) is 19.0. The first-order chi connectivity index (χ1) is 19.6. The Labute approximate surface area is 252 Å². The van der Waals surface area contributed by atoms with Gasteiger partial charge in [0.05, 0.1) is 10.6 Å². The lowest BCUT2D eigenvalue weighted by molar-refractivity contribution is -0.139. The molecular weight excluding hydrogens is 581 g/mol. The Morgan fingerprint density at radius 1 is 0.951 bits per heavy atom. The average Bonchev–Trinajstić information content (AvgIpc) is 2.95. The third-order valence-electron chi connectivity index (χ3n) is 7.40. The van der Waals surface area contributed by atoms with Gasteiger partial charge in [-0.25, -0.2) is 8.42 Å². The fourth-order valence-corrected chi connectivity index (χ4v) is 6.74. The Hall–Kier alpha value is -3.07. The van der Waals surface area contributed by atoms with E-state index in [1.165, 1.54) is 23.1 Å². The average molecular weight is 617 g/mol. The van der Waals surface area contributed by atoms with Crippen molar-refractivity contribution in [3.05, 3.63) is 94.0 Å². The molecule has 2 amide bonds. The normalized spacial score (nSPS) is 14.7. The first kappa shape index (κ1) is 30.9. The number of aryl methyl sites for hydroxylation is 1. The molecule has 1 N–H and O–H groups in total. The van der Waals surface area contributed by atoms with Crippen LogP contribution in [0.2, 0.25) is 10.0 Å². The van der Waals surface area contributed by atoms with Gasteiger partial charge in [-0.3, -0.25) is 13.9 Å². The van der Waals surface area contributed by atoms with Crippen LogP contribution in [-0.2, 0) is 26.2 Å². The van der Waals surface area contributed by atoms with E-state index >= 15 is 0 Å². The molecule has 3 aromatic carbocycles. The zero-order chi connectivity index (χ0) is 29.6. The van der Waals surface area contributed by atoms with Gasteiger partial charge in [-0.05, 0) is 68.7 Å². The minimum absolute atomic E-state index is 0.0335. The maximum atomic E-state index is 14.1. The predicted octanol–water partition coefficient (Wildman–Crippen LogP) is 6.36. The van der Waals surface area contributed by atoms with Crippen LogP contribution in [0.4, 0.5) is 5.69 Å². The lowest BCUT2D eigenvalue weighted by Gasteiger charge is -2.33. The van der Waals surface area contributed by atoms with Crippen LogP contribution in [0.3, 0.4) is 0 Å². The fourth-order valence-electron chi connectivity index (χ4n) is 4.96. The first-order valence-electron chi connectivity index (χ1n) is 13.7. The molecule has 0 radical (unpaired) electrons. The second-order valence-corrected chi connectivity index (χ2v) is 13.1. The fraction of sp³-hybridized carbons (Fsp3) is 0.355. The zero-order valence-corrected chi connectivity index (χ0v) is 25.6. The molecule has 0 aliphatic heterocycles. The molecule has 7 nitrogen and oxygen atoms in total. The molecule has 0 spiro atoms. The van der Waals surface area contributed by atoms with Crippen LogP contribution >= 0.6 is 23.2 Å². The van der Waals surface area contributed by atoms with E-state index in [1.54, 1.807) is 61.5 Å². The number of rotatable bonds is 10. The number of carbonyl (C=O) groups is 2. The minimum Gasteiger partial charge on any atom is -0.352 e. The van der Waals surface area contributed by atoms with E-state index in [1.807, 2.05) is 6.92 Å². The largest absolute Gasteiger partial charge is 0.352 e. The van der Waals surface area contributed by atoms with Crippen molar-refractivity contribution in [3.8, 4) is 0 Å². The summed E-state index contributed by atoms with van der Waals surface area (Å²) >= 11 is 12.7. The molecule has 1 aliphatic carbocycles. The second-order valence-electron chi connectivity index (χ2n) is 10.4. The summed E-state index contributed by atoms with van der Waals surface area (Å²) in [5, 5.41) is 3.87. The summed E-state index contributed by atoms with van der Waals surface area (Å²) in [4.78, 5) is 28.9. The van der Waals surface area contributed by atoms with Crippen LogP contribution in [0.15, 0.2) is 77.7 Å². The SMILES string of the molecule is Cc1ccc(S(=O)(=O)N(CC(=O)N(Cc2ccccc2Cl)C(C)C(=O)NC2CCCCC2)c2cccc(Cl)c2)cc1. The number of nitrogens with one attached hydrogen (secondary N) is 1. The van der Waals surface area contributed by atoms with E-state index < -0.39 is 28.5 Å². The topological polar surface area (TPSA) is 86.8 Å². The molecule has 4 rings (SSSR count). The van der Waals surface area contributed by atoms with Gasteiger partial charge in [-0.15, -0.1) is 0 Å². The third-order valence-corrected chi connectivity index (χ3v) is 9.79. The van der Waals surface area contributed by atoms with Crippen molar-refractivity contribution in [1.82, 2.24) is 10.2 Å². The van der Waals surface area contributed by atoms with Crippen LogP contribution in [0, 0.1) is 6.92 Å². The smallest absolute Gasteiger partial charge is 0.264 e. The molecule has 0 aromatic heterocycles. The minimum atomic E-state index is -4.17. The van der Waals surface area contributed by atoms with E-state index in [4.69, 9.17) is 23.2 Å². The van der Waals surface area contributed by atoms with E-state index in [9.17, 15) is 18.0 Å². The molecule has 0 saturated heterocycles. The zero-order valence-electron chi connectivity index (χ0n) is 23.2. The number of hydrogen-bond donors (Lipinski definition) is 1. The van der Waals surface area contributed by atoms with Gasteiger partial charge < -0.3 is 10.2 Å². The number of anilines is 1. The van der Waals surface area contributed by atoms with Gasteiger partial charge in [0, 0.05) is 22.6 Å². The quantitative estimate of drug-likeness (QED) is 0.287. The van der Waals surface area contributed by atoms with Gasteiger partial charge in [0.1, 0.15) is 12.6 Å². The Bertz CT molecular complexity index is 1470. The number of benzene rings is 3. The first-order valence-corrected chi connectivity index (χ1v) is 15.9. The summed E-state index contributed by atoms with van der Waals surface area (Å²) < 4.78 is 28.8. The number of amides is 2. The number of sulfonamides is 1. The maximum absolute atomic E-state index is 14.1. The highest BCUT2D eigenvalue weighted by Gasteiger charge is 2.33. The molecule has 0 bridgehead atoms. The Kier molecular flexibility index (Phi) is 10.3. The van der Waals surface area contributed by atoms with Gasteiger partial charge in [-0.2, -0.15) is 0 Å². The van der Waals surface area contributed by atoms with Gasteiger partial charge in [0.25, 0.3) is 10.0 Å². The van der Waals surface area contributed by atoms with Crippen LogP contribution in [0.25, 0.3) is 0 Å².